The zero-order chi connectivity index (χ0) is 21.3. The van der Waals surface area contributed by atoms with Crippen LogP contribution >= 0.6 is 0 Å². The van der Waals surface area contributed by atoms with Crippen molar-refractivity contribution < 1.29 is 28.7 Å². The first-order valence-corrected chi connectivity index (χ1v) is 8.69. The quantitative estimate of drug-likeness (QED) is 0.506. The van der Waals surface area contributed by atoms with Crippen molar-refractivity contribution >= 4 is 35.6 Å². The van der Waals surface area contributed by atoms with Crippen LogP contribution in [0.5, 0.6) is 0 Å². The molecule has 4 rings (SSSR count). The lowest BCUT2D eigenvalue weighted by Crippen LogP contribution is -2.54. The van der Waals surface area contributed by atoms with Crippen LogP contribution in [0.2, 0.25) is 0 Å². The van der Waals surface area contributed by atoms with E-state index < -0.39 is 23.8 Å². The van der Waals surface area contributed by atoms with E-state index in [9.17, 15) is 19.2 Å². The van der Waals surface area contributed by atoms with Crippen LogP contribution in [0.1, 0.15) is 16.1 Å². The highest BCUT2D eigenvalue weighted by Gasteiger charge is 2.37. The molecule has 0 atom stereocenters. The van der Waals surface area contributed by atoms with Gasteiger partial charge in [0.25, 0.3) is 11.8 Å². The van der Waals surface area contributed by atoms with Crippen LogP contribution in [0.3, 0.4) is 0 Å². The topological polar surface area (TPSA) is 130 Å². The molecule has 1 fully saturated rings. The summed E-state index contributed by atoms with van der Waals surface area (Å²) in [6.07, 6.45) is 4.03. The summed E-state index contributed by atoms with van der Waals surface area (Å²) < 4.78 is 5.65. The number of pyridine rings is 1. The van der Waals surface area contributed by atoms with E-state index in [-0.39, 0.29) is 22.6 Å². The maximum atomic E-state index is 12.8. The normalized spacial score (nSPS) is 15.4. The number of anilines is 1. The van der Waals surface area contributed by atoms with Gasteiger partial charge in [-0.1, -0.05) is 12.1 Å². The smallest absolute Gasteiger partial charge is 0.336 e. The molecular weight excluding hydrogens is 390 g/mol. The molecule has 9 heteroatoms. The summed E-state index contributed by atoms with van der Waals surface area (Å²) in [5, 5.41) is 11.2. The Kier molecular flexibility index (Phi) is 4.69. The van der Waals surface area contributed by atoms with E-state index in [0.717, 1.165) is 4.90 Å². The monoisotopic (exact) mass is 403 g/mol. The summed E-state index contributed by atoms with van der Waals surface area (Å²) in [6.45, 7) is 0. The molecule has 0 unspecified atom stereocenters. The van der Waals surface area contributed by atoms with E-state index >= 15 is 0 Å². The highest BCUT2D eigenvalue weighted by atomic mass is 16.4. The number of carbonyl (C=O) groups excluding carboxylic acids is 3. The number of aromatic carboxylic acids is 1. The van der Waals surface area contributed by atoms with Crippen LogP contribution in [-0.2, 0) is 9.59 Å². The maximum absolute atomic E-state index is 12.8. The molecule has 2 aromatic heterocycles. The second-order valence-corrected chi connectivity index (χ2v) is 6.26. The van der Waals surface area contributed by atoms with Crippen LogP contribution in [-0.4, -0.2) is 33.9 Å². The van der Waals surface area contributed by atoms with E-state index in [0.29, 0.717) is 11.3 Å². The Hall–Kier alpha value is -4.53. The third kappa shape index (κ3) is 3.47. The van der Waals surface area contributed by atoms with Crippen LogP contribution in [0, 0.1) is 0 Å². The SMILES string of the molecule is O=C1NC(=O)N(c2cccnc2)C(=O)/C1=C\c1ccc(-c2cccc(C(=O)O)c2)o1. The van der Waals surface area contributed by atoms with Gasteiger partial charge in [-0.25, -0.2) is 14.5 Å². The van der Waals surface area contributed by atoms with Crippen molar-refractivity contribution in [3.8, 4) is 11.3 Å². The molecule has 4 amide bonds. The molecule has 1 saturated heterocycles. The number of urea groups is 1. The molecule has 0 bridgehead atoms. The molecule has 1 aromatic carbocycles. The Bertz CT molecular complexity index is 1210. The number of nitrogens with zero attached hydrogens (tertiary/aromatic N) is 2. The number of carbonyl (C=O) groups is 4. The van der Waals surface area contributed by atoms with Crippen LogP contribution in [0.25, 0.3) is 17.4 Å². The first-order valence-electron chi connectivity index (χ1n) is 8.69. The summed E-state index contributed by atoms with van der Waals surface area (Å²) in [6, 6.07) is 11.5. The van der Waals surface area contributed by atoms with E-state index in [1.807, 2.05) is 0 Å². The van der Waals surface area contributed by atoms with Crippen molar-refractivity contribution in [3.05, 3.63) is 77.8 Å². The molecule has 1 aliphatic heterocycles. The van der Waals surface area contributed by atoms with Crippen molar-refractivity contribution in [3.63, 3.8) is 0 Å². The summed E-state index contributed by atoms with van der Waals surface area (Å²) in [4.78, 5) is 53.0. The van der Waals surface area contributed by atoms with Gasteiger partial charge in [-0.3, -0.25) is 19.9 Å². The molecule has 0 spiro atoms. The van der Waals surface area contributed by atoms with E-state index in [1.165, 1.54) is 42.7 Å². The number of aromatic nitrogens is 1. The average Bonchev–Trinajstić information content (AvgIpc) is 3.21. The lowest BCUT2D eigenvalue weighted by atomic mass is 10.1. The number of carboxylic acid groups (broad SMARTS) is 1. The fourth-order valence-corrected chi connectivity index (χ4v) is 2.91. The Balaban J connectivity index is 1.67. The number of nitrogens with one attached hydrogen (secondary N) is 1. The molecule has 3 aromatic rings. The second-order valence-electron chi connectivity index (χ2n) is 6.26. The molecule has 9 nitrogen and oxygen atoms in total. The van der Waals surface area contributed by atoms with E-state index in [2.05, 4.69) is 10.3 Å². The van der Waals surface area contributed by atoms with Crippen molar-refractivity contribution in [1.82, 2.24) is 10.3 Å². The Labute approximate surface area is 169 Å². The summed E-state index contributed by atoms with van der Waals surface area (Å²) in [5.74, 6) is -2.20. The summed E-state index contributed by atoms with van der Waals surface area (Å²) in [5.41, 5.74) is 0.532. The minimum Gasteiger partial charge on any atom is -0.478 e. The zero-order valence-electron chi connectivity index (χ0n) is 15.2. The lowest BCUT2D eigenvalue weighted by molar-refractivity contribution is -0.122. The molecule has 0 radical (unpaired) electrons. The molecule has 30 heavy (non-hydrogen) atoms. The summed E-state index contributed by atoms with van der Waals surface area (Å²) in [7, 11) is 0. The van der Waals surface area contributed by atoms with Gasteiger partial charge < -0.3 is 9.52 Å². The number of hydrogen-bond donors (Lipinski definition) is 2. The van der Waals surface area contributed by atoms with Gasteiger partial charge >= 0.3 is 12.0 Å². The van der Waals surface area contributed by atoms with Gasteiger partial charge in [0.1, 0.15) is 17.1 Å². The molecular formula is C21H13N3O6. The minimum absolute atomic E-state index is 0.0938. The highest BCUT2D eigenvalue weighted by Crippen LogP contribution is 2.26. The van der Waals surface area contributed by atoms with Gasteiger partial charge in [0.15, 0.2) is 0 Å². The Morgan fingerprint density at radius 1 is 1.10 bits per heavy atom. The van der Waals surface area contributed by atoms with Crippen LogP contribution in [0.4, 0.5) is 10.5 Å². The lowest BCUT2D eigenvalue weighted by Gasteiger charge is -2.25. The number of carboxylic acids is 1. The number of hydrogen-bond acceptors (Lipinski definition) is 6. The number of imide groups is 2. The number of benzene rings is 1. The number of amides is 4. The number of barbiturate groups is 1. The van der Waals surface area contributed by atoms with Gasteiger partial charge in [0.2, 0.25) is 0 Å². The first kappa shape index (κ1) is 18.8. The second kappa shape index (κ2) is 7.47. The van der Waals surface area contributed by atoms with Gasteiger partial charge in [0, 0.05) is 11.8 Å². The Morgan fingerprint density at radius 2 is 1.93 bits per heavy atom. The summed E-state index contributed by atoms with van der Waals surface area (Å²) >= 11 is 0. The number of furan rings is 1. The fourth-order valence-electron chi connectivity index (χ4n) is 2.91. The Morgan fingerprint density at radius 3 is 2.67 bits per heavy atom. The molecule has 0 saturated carbocycles. The zero-order valence-corrected chi connectivity index (χ0v) is 15.2. The van der Waals surface area contributed by atoms with Crippen LogP contribution in [0.15, 0.2) is 70.9 Å². The third-order valence-electron chi connectivity index (χ3n) is 4.31. The largest absolute Gasteiger partial charge is 0.478 e. The predicted octanol–water partition coefficient (Wildman–Crippen LogP) is 2.71. The molecule has 148 valence electrons. The molecule has 2 N–H and O–H groups in total. The van der Waals surface area contributed by atoms with Crippen LogP contribution < -0.4 is 10.2 Å². The average molecular weight is 403 g/mol. The van der Waals surface area contributed by atoms with E-state index in [4.69, 9.17) is 9.52 Å². The fraction of sp³-hybridized carbons (Fsp3) is 0. The first-order chi connectivity index (χ1) is 14.4. The third-order valence-corrected chi connectivity index (χ3v) is 4.31. The van der Waals surface area contributed by atoms with E-state index in [1.54, 1.807) is 24.3 Å². The standard InChI is InChI=1S/C21H13N3O6/c25-18-16(19(26)24(21(29)23-18)14-5-2-8-22-11-14)10-15-6-7-17(30-15)12-3-1-4-13(9-12)20(27)28/h1-11H,(H,27,28)(H,23,25,29)/b16-10-. The van der Waals surface area contributed by atoms with Gasteiger partial charge in [-0.05, 0) is 42.5 Å². The predicted molar refractivity (Wildman–Crippen MR) is 104 cm³/mol. The van der Waals surface area contributed by atoms with Gasteiger partial charge in [-0.15, -0.1) is 0 Å². The minimum atomic E-state index is -1.07. The van der Waals surface area contributed by atoms with Crippen molar-refractivity contribution in [2.45, 2.75) is 0 Å². The van der Waals surface area contributed by atoms with Gasteiger partial charge in [0.05, 0.1) is 17.4 Å². The van der Waals surface area contributed by atoms with Crippen molar-refractivity contribution in [1.29, 1.82) is 0 Å². The number of rotatable bonds is 4. The molecule has 0 aliphatic carbocycles. The molecule has 1 aliphatic rings. The maximum Gasteiger partial charge on any atom is 0.336 e. The highest BCUT2D eigenvalue weighted by molar-refractivity contribution is 6.39. The molecule has 3 heterocycles. The van der Waals surface area contributed by atoms with Crippen molar-refractivity contribution in [2.75, 3.05) is 4.90 Å². The van der Waals surface area contributed by atoms with Gasteiger partial charge in [-0.2, -0.15) is 0 Å². The van der Waals surface area contributed by atoms with Crippen molar-refractivity contribution in [2.24, 2.45) is 0 Å².